The van der Waals surface area contributed by atoms with Gasteiger partial charge in [0.15, 0.2) is 0 Å². The van der Waals surface area contributed by atoms with Gasteiger partial charge >= 0.3 is 12.1 Å². The van der Waals surface area contributed by atoms with E-state index in [4.69, 9.17) is 9.90 Å². The van der Waals surface area contributed by atoms with Crippen molar-refractivity contribution in [3.05, 3.63) is 77.9 Å². The standard InChI is InChI=1S/C19H21N5O.C2HF3O2/c1-14-17(12-21-15(2)22-14)19(25)23-18(16-6-4-3-5-7-16)8-10-24-11-9-20-13-24;3-2(4,5)1(6)7/h3-7,9,11-13,18H,8,10H2,1-2H3,(H,23,25);(H,6,7). The van der Waals surface area contributed by atoms with Crippen LogP contribution in [0.3, 0.4) is 0 Å². The van der Waals surface area contributed by atoms with E-state index in [-0.39, 0.29) is 11.9 Å². The van der Waals surface area contributed by atoms with E-state index in [2.05, 4.69) is 20.3 Å². The van der Waals surface area contributed by atoms with Crippen LogP contribution in [0.25, 0.3) is 0 Å². The Hall–Kier alpha value is -3.76. The minimum atomic E-state index is -5.08. The number of alkyl halides is 3. The molecule has 1 unspecified atom stereocenters. The largest absolute Gasteiger partial charge is 0.490 e. The number of aliphatic carboxylic acids is 1. The Kier molecular flexibility index (Phi) is 8.45. The Morgan fingerprint density at radius 3 is 2.38 bits per heavy atom. The lowest BCUT2D eigenvalue weighted by Crippen LogP contribution is -2.30. The van der Waals surface area contributed by atoms with Crippen molar-refractivity contribution in [2.75, 3.05) is 0 Å². The van der Waals surface area contributed by atoms with Crippen LogP contribution >= 0.6 is 0 Å². The van der Waals surface area contributed by atoms with Gasteiger partial charge in [0.1, 0.15) is 5.82 Å². The van der Waals surface area contributed by atoms with Crippen LogP contribution < -0.4 is 5.32 Å². The molecule has 1 atom stereocenters. The van der Waals surface area contributed by atoms with Gasteiger partial charge in [0.25, 0.3) is 5.91 Å². The molecule has 0 saturated carbocycles. The van der Waals surface area contributed by atoms with Crippen LogP contribution in [0.4, 0.5) is 13.2 Å². The van der Waals surface area contributed by atoms with Crippen LogP contribution in [0.5, 0.6) is 0 Å². The molecule has 0 aliphatic carbocycles. The second-order valence-corrected chi connectivity index (χ2v) is 6.75. The van der Waals surface area contributed by atoms with Gasteiger partial charge in [-0.25, -0.2) is 19.7 Å². The highest BCUT2D eigenvalue weighted by Gasteiger charge is 2.38. The monoisotopic (exact) mass is 449 g/mol. The Labute approximate surface area is 182 Å². The number of nitrogens with zero attached hydrogens (tertiary/aromatic N) is 4. The Bertz CT molecular complexity index is 1020. The molecule has 0 spiro atoms. The number of halogens is 3. The molecular formula is C21H22F3N5O3. The number of rotatable bonds is 6. The van der Waals surface area contributed by atoms with Crippen molar-refractivity contribution >= 4 is 11.9 Å². The highest BCUT2D eigenvalue weighted by molar-refractivity contribution is 5.95. The minimum Gasteiger partial charge on any atom is -0.475 e. The second-order valence-electron chi connectivity index (χ2n) is 6.75. The second kappa shape index (κ2) is 11.0. The average Bonchev–Trinajstić information content (AvgIpc) is 3.25. The van der Waals surface area contributed by atoms with Gasteiger partial charge in [-0.05, 0) is 25.8 Å². The molecule has 3 aromatic rings. The van der Waals surface area contributed by atoms with Gasteiger partial charge in [0.2, 0.25) is 0 Å². The van der Waals surface area contributed by atoms with Crippen molar-refractivity contribution in [1.29, 1.82) is 0 Å². The summed E-state index contributed by atoms with van der Waals surface area (Å²) in [6.45, 7) is 4.41. The molecule has 1 amide bonds. The van der Waals surface area contributed by atoms with Gasteiger partial charge in [0.05, 0.1) is 23.6 Å². The summed E-state index contributed by atoms with van der Waals surface area (Å²) in [5.41, 5.74) is 2.27. The molecule has 0 bridgehead atoms. The third-order valence-electron chi connectivity index (χ3n) is 4.33. The van der Waals surface area contributed by atoms with Crippen molar-refractivity contribution in [3.8, 4) is 0 Å². The first-order valence-electron chi connectivity index (χ1n) is 9.50. The number of carboxylic acid groups (broad SMARTS) is 1. The summed E-state index contributed by atoms with van der Waals surface area (Å²) in [4.78, 5) is 34.1. The fraction of sp³-hybridized carbons (Fsp3) is 0.286. The molecule has 2 heterocycles. The average molecular weight is 449 g/mol. The van der Waals surface area contributed by atoms with Gasteiger partial charge in [-0.15, -0.1) is 0 Å². The quantitative estimate of drug-likeness (QED) is 0.596. The molecular weight excluding hydrogens is 427 g/mol. The first kappa shape index (κ1) is 24.5. The SMILES string of the molecule is Cc1ncc(C(=O)NC(CCn2ccnc2)c2ccccc2)c(C)n1.O=C(O)C(F)(F)F. The highest BCUT2D eigenvalue weighted by Crippen LogP contribution is 2.19. The molecule has 0 aliphatic heterocycles. The summed E-state index contributed by atoms with van der Waals surface area (Å²) in [7, 11) is 0. The van der Waals surface area contributed by atoms with Crippen LogP contribution in [-0.4, -0.2) is 42.7 Å². The number of hydrogen-bond donors (Lipinski definition) is 2. The fourth-order valence-electron chi connectivity index (χ4n) is 2.75. The molecule has 0 radical (unpaired) electrons. The molecule has 32 heavy (non-hydrogen) atoms. The summed E-state index contributed by atoms with van der Waals surface area (Å²) in [5.74, 6) is -2.25. The first-order chi connectivity index (χ1) is 15.1. The van der Waals surface area contributed by atoms with Gasteiger partial charge in [-0.2, -0.15) is 13.2 Å². The van der Waals surface area contributed by atoms with Gasteiger partial charge in [-0.3, -0.25) is 4.79 Å². The number of aryl methyl sites for hydroxylation is 3. The lowest BCUT2D eigenvalue weighted by Gasteiger charge is -2.20. The number of carbonyl (C=O) groups excluding carboxylic acids is 1. The van der Waals surface area contributed by atoms with Gasteiger partial charge in [-0.1, -0.05) is 30.3 Å². The third-order valence-corrected chi connectivity index (χ3v) is 4.33. The number of carbonyl (C=O) groups is 2. The molecule has 11 heteroatoms. The zero-order valence-electron chi connectivity index (χ0n) is 17.4. The smallest absolute Gasteiger partial charge is 0.475 e. The lowest BCUT2D eigenvalue weighted by atomic mass is 10.0. The van der Waals surface area contributed by atoms with E-state index in [0.717, 1.165) is 18.5 Å². The summed E-state index contributed by atoms with van der Waals surface area (Å²) < 4.78 is 33.7. The number of aromatic nitrogens is 4. The molecule has 1 aromatic carbocycles. The molecule has 2 N–H and O–H groups in total. The minimum absolute atomic E-state index is 0.100. The van der Waals surface area contributed by atoms with Crippen LogP contribution in [0.1, 0.15) is 39.9 Å². The number of benzene rings is 1. The Morgan fingerprint density at radius 1 is 1.19 bits per heavy atom. The molecule has 0 saturated heterocycles. The van der Waals surface area contributed by atoms with Crippen molar-refractivity contribution < 1.29 is 27.9 Å². The number of nitrogens with one attached hydrogen (secondary N) is 1. The number of amides is 1. The number of carboxylic acids is 1. The van der Waals surface area contributed by atoms with Crippen molar-refractivity contribution in [2.45, 2.75) is 39.0 Å². The van der Waals surface area contributed by atoms with Crippen molar-refractivity contribution in [2.24, 2.45) is 0 Å². The van der Waals surface area contributed by atoms with Crippen LogP contribution in [-0.2, 0) is 11.3 Å². The predicted molar refractivity (Wildman–Crippen MR) is 109 cm³/mol. The first-order valence-corrected chi connectivity index (χ1v) is 9.50. The van der Waals surface area contributed by atoms with E-state index in [9.17, 15) is 18.0 Å². The van der Waals surface area contributed by atoms with Crippen molar-refractivity contribution in [1.82, 2.24) is 24.8 Å². The molecule has 3 rings (SSSR count). The molecule has 0 aliphatic rings. The Balaban J connectivity index is 0.000000451. The maximum atomic E-state index is 12.7. The van der Waals surface area contributed by atoms with E-state index in [1.807, 2.05) is 54.9 Å². The molecule has 170 valence electrons. The fourth-order valence-corrected chi connectivity index (χ4v) is 2.75. The maximum Gasteiger partial charge on any atom is 0.490 e. The highest BCUT2D eigenvalue weighted by atomic mass is 19.4. The molecule has 0 fully saturated rings. The maximum absolute atomic E-state index is 12.7. The number of imidazole rings is 1. The van der Waals surface area contributed by atoms with E-state index < -0.39 is 12.1 Å². The van der Waals surface area contributed by atoms with Crippen LogP contribution in [0.2, 0.25) is 0 Å². The lowest BCUT2D eigenvalue weighted by molar-refractivity contribution is -0.192. The predicted octanol–water partition coefficient (Wildman–Crippen LogP) is 3.48. The topological polar surface area (TPSA) is 110 Å². The third kappa shape index (κ3) is 7.49. The van der Waals surface area contributed by atoms with E-state index in [1.54, 1.807) is 18.7 Å². The summed E-state index contributed by atoms with van der Waals surface area (Å²) in [6, 6.07) is 9.87. The molecule has 2 aromatic heterocycles. The van der Waals surface area contributed by atoms with E-state index in [0.29, 0.717) is 17.1 Å². The summed E-state index contributed by atoms with van der Waals surface area (Å²) in [6.07, 6.45) is 2.72. The van der Waals surface area contributed by atoms with Gasteiger partial charge in [0, 0.05) is 25.1 Å². The van der Waals surface area contributed by atoms with E-state index >= 15 is 0 Å². The Morgan fingerprint density at radius 2 is 1.84 bits per heavy atom. The zero-order valence-corrected chi connectivity index (χ0v) is 17.4. The van der Waals surface area contributed by atoms with Gasteiger partial charge < -0.3 is 15.0 Å². The summed E-state index contributed by atoms with van der Waals surface area (Å²) in [5, 5.41) is 10.2. The normalized spacial score (nSPS) is 11.8. The van der Waals surface area contributed by atoms with E-state index in [1.165, 1.54) is 0 Å². The number of hydrogen-bond acceptors (Lipinski definition) is 5. The molecule has 8 nitrogen and oxygen atoms in total. The van der Waals surface area contributed by atoms with Crippen molar-refractivity contribution in [3.63, 3.8) is 0 Å². The summed E-state index contributed by atoms with van der Waals surface area (Å²) >= 11 is 0. The van der Waals surface area contributed by atoms with Crippen LogP contribution in [0.15, 0.2) is 55.2 Å². The zero-order chi connectivity index (χ0) is 23.7. The van der Waals surface area contributed by atoms with Crippen LogP contribution in [0, 0.1) is 13.8 Å².